The van der Waals surface area contributed by atoms with E-state index in [9.17, 15) is 4.79 Å². The number of benzene rings is 2. The predicted molar refractivity (Wildman–Crippen MR) is 94.8 cm³/mol. The van der Waals surface area contributed by atoms with Crippen LogP contribution in [-0.2, 0) is 4.79 Å². The Hall–Kier alpha value is -1.64. The normalized spacial score (nSPS) is 20.3. The van der Waals surface area contributed by atoms with Gasteiger partial charge in [0.2, 0.25) is 5.91 Å². The van der Waals surface area contributed by atoms with Gasteiger partial charge in [0, 0.05) is 15.2 Å². The summed E-state index contributed by atoms with van der Waals surface area (Å²) in [6.07, 6.45) is -0.321. The van der Waals surface area contributed by atoms with Crippen LogP contribution in [0.4, 0.5) is 11.4 Å². The first-order chi connectivity index (χ1) is 11.1. The fourth-order valence-corrected chi connectivity index (χ4v) is 2.71. The third-order valence-corrected chi connectivity index (χ3v) is 4.31. The molecule has 5 N–H and O–H groups in total. The zero-order chi connectivity index (χ0) is 16.2. The van der Waals surface area contributed by atoms with Gasteiger partial charge in [0.1, 0.15) is 12.2 Å². The van der Waals surface area contributed by atoms with Crippen molar-refractivity contribution in [2.24, 2.45) is 0 Å². The highest BCUT2D eigenvalue weighted by Crippen LogP contribution is 2.22. The molecule has 1 fully saturated rings. The fourth-order valence-electron chi connectivity index (χ4n) is 2.20. The van der Waals surface area contributed by atoms with Crippen LogP contribution in [0.2, 0.25) is 5.02 Å². The van der Waals surface area contributed by atoms with Crippen molar-refractivity contribution >= 4 is 44.8 Å². The number of hydrogen-bond donors (Lipinski definition) is 5. The summed E-state index contributed by atoms with van der Waals surface area (Å²) in [6, 6.07) is 14.2. The molecule has 23 heavy (non-hydrogen) atoms. The number of rotatable bonds is 4. The Bertz CT molecular complexity index is 697. The third-order valence-electron chi connectivity index (χ3n) is 3.37. The summed E-state index contributed by atoms with van der Waals surface area (Å²) in [4.78, 5) is 12.5. The minimum Gasteiger partial charge on any atom is -0.367 e. The van der Waals surface area contributed by atoms with Gasteiger partial charge in [0.25, 0.3) is 0 Å². The summed E-state index contributed by atoms with van der Waals surface area (Å²) < 4.78 is 0.828. The van der Waals surface area contributed by atoms with E-state index in [4.69, 9.17) is 11.6 Å². The van der Waals surface area contributed by atoms with Gasteiger partial charge in [0.15, 0.2) is 0 Å². The maximum atomic E-state index is 12.5. The number of halogens is 2. The molecule has 3 rings (SSSR count). The molecule has 2 aromatic carbocycles. The molecule has 1 heterocycles. The Kier molecular flexibility index (Phi) is 5.14. The van der Waals surface area contributed by atoms with E-state index in [-0.39, 0.29) is 12.1 Å². The summed E-state index contributed by atoms with van der Waals surface area (Å²) in [7, 11) is 0. The molecule has 0 radical (unpaired) electrons. The van der Waals surface area contributed by atoms with Gasteiger partial charge in [-0.15, -0.1) is 0 Å². The SMILES string of the molecule is O=C(Nc1ccccc1Br)C1NNNC1Nc1ccc(Cl)cc1. The first-order valence-corrected chi connectivity index (χ1v) is 8.14. The molecule has 1 aliphatic rings. The molecule has 0 bridgehead atoms. The van der Waals surface area contributed by atoms with Gasteiger partial charge in [-0.3, -0.25) is 4.79 Å². The lowest BCUT2D eigenvalue weighted by Crippen LogP contribution is -2.47. The van der Waals surface area contributed by atoms with E-state index in [0.29, 0.717) is 5.02 Å². The van der Waals surface area contributed by atoms with Crippen molar-refractivity contribution in [1.82, 2.24) is 16.4 Å². The van der Waals surface area contributed by atoms with Crippen molar-refractivity contribution in [2.75, 3.05) is 10.6 Å². The van der Waals surface area contributed by atoms with Gasteiger partial charge in [-0.05, 0) is 52.3 Å². The minimum atomic E-state index is -0.502. The Morgan fingerprint density at radius 1 is 1.09 bits per heavy atom. The van der Waals surface area contributed by atoms with Crippen LogP contribution in [0.3, 0.4) is 0 Å². The molecule has 0 aliphatic carbocycles. The van der Waals surface area contributed by atoms with E-state index in [1.54, 1.807) is 12.1 Å². The number of carbonyl (C=O) groups excluding carboxylic acids is 1. The Morgan fingerprint density at radius 2 is 1.83 bits per heavy atom. The second-order valence-electron chi connectivity index (χ2n) is 4.99. The molecule has 0 spiro atoms. The van der Waals surface area contributed by atoms with E-state index in [1.807, 2.05) is 36.4 Å². The Morgan fingerprint density at radius 3 is 2.57 bits per heavy atom. The van der Waals surface area contributed by atoms with Crippen molar-refractivity contribution in [3.05, 3.63) is 58.0 Å². The van der Waals surface area contributed by atoms with Crippen molar-refractivity contribution in [3.63, 3.8) is 0 Å². The predicted octanol–water partition coefficient (Wildman–Crippen LogP) is 2.46. The molecule has 1 aliphatic heterocycles. The minimum absolute atomic E-state index is 0.166. The number of amides is 1. The monoisotopic (exact) mass is 395 g/mol. The number of para-hydroxylation sites is 1. The number of carbonyl (C=O) groups is 1. The molecule has 1 saturated heterocycles. The van der Waals surface area contributed by atoms with Gasteiger partial charge >= 0.3 is 0 Å². The van der Waals surface area contributed by atoms with Gasteiger partial charge in [0.05, 0.1) is 5.69 Å². The fraction of sp³-hybridized carbons (Fsp3) is 0.133. The molecule has 0 saturated carbocycles. The quantitative estimate of drug-likeness (QED) is 0.549. The molecule has 6 nitrogen and oxygen atoms in total. The third kappa shape index (κ3) is 4.01. The second-order valence-corrected chi connectivity index (χ2v) is 6.28. The molecule has 0 aromatic heterocycles. The van der Waals surface area contributed by atoms with Crippen molar-refractivity contribution < 1.29 is 4.79 Å². The zero-order valence-electron chi connectivity index (χ0n) is 11.9. The van der Waals surface area contributed by atoms with Crippen LogP contribution in [0.15, 0.2) is 53.0 Å². The number of hydrogen-bond acceptors (Lipinski definition) is 5. The van der Waals surface area contributed by atoms with E-state index >= 15 is 0 Å². The molecule has 1 amide bonds. The van der Waals surface area contributed by atoms with Crippen molar-refractivity contribution in [3.8, 4) is 0 Å². The first kappa shape index (κ1) is 16.2. The van der Waals surface area contributed by atoms with Gasteiger partial charge < -0.3 is 10.6 Å². The van der Waals surface area contributed by atoms with Crippen molar-refractivity contribution in [1.29, 1.82) is 0 Å². The highest BCUT2D eigenvalue weighted by Gasteiger charge is 2.33. The lowest BCUT2D eigenvalue weighted by Gasteiger charge is -2.20. The summed E-state index contributed by atoms with van der Waals surface area (Å²) in [6.45, 7) is 0. The van der Waals surface area contributed by atoms with Crippen LogP contribution >= 0.6 is 27.5 Å². The largest absolute Gasteiger partial charge is 0.367 e. The van der Waals surface area contributed by atoms with Crippen LogP contribution in [0, 0.1) is 0 Å². The average molecular weight is 397 g/mol. The van der Waals surface area contributed by atoms with Crippen LogP contribution in [0.25, 0.3) is 0 Å². The first-order valence-electron chi connectivity index (χ1n) is 6.97. The number of anilines is 2. The molecule has 120 valence electrons. The zero-order valence-corrected chi connectivity index (χ0v) is 14.3. The summed E-state index contributed by atoms with van der Waals surface area (Å²) in [5.74, 6) is -0.166. The molecule has 2 unspecified atom stereocenters. The Labute approximate surface area is 147 Å². The lowest BCUT2D eigenvalue weighted by atomic mass is 10.2. The molecule has 2 atom stereocenters. The van der Waals surface area contributed by atoms with E-state index < -0.39 is 6.04 Å². The molecule has 8 heteroatoms. The molecule has 2 aromatic rings. The van der Waals surface area contributed by atoms with E-state index in [0.717, 1.165) is 15.8 Å². The van der Waals surface area contributed by atoms with E-state index in [2.05, 4.69) is 42.9 Å². The summed E-state index contributed by atoms with van der Waals surface area (Å²) in [5.41, 5.74) is 10.2. The molecular weight excluding hydrogens is 382 g/mol. The number of nitrogens with one attached hydrogen (secondary N) is 5. The topological polar surface area (TPSA) is 77.2 Å². The second kappa shape index (κ2) is 7.29. The van der Waals surface area contributed by atoms with Crippen LogP contribution in [-0.4, -0.2) is 18.1 Å². The Balaban J connectivity index is 1.67. The number of hydrazine groups is 2. The highest BCUT2D eigenvalue weighted by atomic mass is 79.9. The van der Waals surface area contributed by atoms with Gasteiger partial charge in [-0.2, -0.15) is 5.53 Å². The van der Waals surface area contributed by atoms with Crippen LogP contribution in [0.5, 0.6) is 0 Å². The maximum Gasteiger partial charge on any atom is 0.246 e. The lowest BCUT2D eigenvalue weighted by molar-refractivity contribution is -0.118. The summed E-state index contributed by atoms with van der Waals surface area (Å²) >= 11 is 9.29. The average Bonchev–Trinajstić information content (AvgIpc) is 3.00. The summed E-state index contributed by atoms with van der Waals surface area (Å²) in [5, 5.41) is 6.78. The highest BCUT2D eigenvalue weighted by molar-refractivity contribution is 9.10. The smallest absolute Gasteiger partial charge is 0.246 e. The van der Waals surface area contributed by atoms with E-state index in [1.165, 1.54) is 0 Å². The van der Waals surface area contributed by atoms with Crippen LogP contribution < -0.4 is 27.0 Å². The van der Waals surface area contributed by atoms with Gasteiger partial charge in [-0.1, -0.05) is 23.7 Å². The molecular formula is C15H15BrClN5O. The van der Waals surface area contributed by atoms with Crippen LogP contribution in [0.1, 0.15) is 0 Å². The maximum absolute atomic E-state index is 12.5. The van der Waals surface area contributed by atoms with Crippen molar-refractivity contribution in [2.45, 2.75) is 12.2 Å². The van der Waals surface area contributed by atoms with Gasteiger partial charge in [-0.25, -0.2) is 10.9 Å². The standard InChI is InChI=1S/C15H15BrClN5O/c16-11-3-1-2-4-12(11)19-15(23)13-14(21-22-20-13)18-10-7-5-9(17)6-8-10/h1-8,13-14,18,20-22H,(H,19,23).